The van der Waals surface area contributed by atoms with Crippen LogP contribution in [0.5, 0.6) is 0 Å². The quantitative estimate of drug-likeness (QED) is 0.728. The Labute approximate surface area is 147 Å². The third-order valence-corrected chi connectivity index (χ3v) is 4.98. The summed E-state index contributed by atoms with van der Waals surface area (Å²) in [6.07, 6.45) is 1.58. The Bertz CT molecular complexity index is 883. The van der Waals surface area contributed by atoms with Gasteiger partial charge in [0.25, 0.3) is 0 Å². The highest BCUT2D eigenvalue weighted by atomic mass is 16.6. The van der Waals surface area contributed by atoms with Crippen LogP contribution in [0.15, 0.2) is 72.8 Å². The molecule has 0 atom stereocenters. The Hall–Kier alpha value is -2.65. The van der Waals surface area contributed by atoms with Gasteiger partial charge in [-0.05, 0) is 41.6 Å². The third-order valence-electron chi connectivity index (χ3n) is 4.98. The SMILES string of the molecule is O=C(OC1(c2ccccc2)CCNCC1)c1ccc2ccccc2c1. The molecule has 0 aromatic heterocycles. The number of piperidine rings is 1. The van der Waals surface area contributed by atoms with Crippen LogP contribution in [-0.2, 0) is 10.3 Å². The van der Waals surface area contributed by atoms with Gasteiger partial charge in [0.2, 0.25) is 0 Å². The molecule has 3 heteroatoms. The minimum atomic E-state index is -0.546. The molecule has 0 amide bonds. The lowest BCUT2D eigenvalue weighted by Crippen LogP contribution is -2.43. The first-order chi connectivity index (χ1) is 12.3. The average molecular weight is 331 g/mol. The highest BCUT2D eigenvalue weighted by Gasteiger charge is 2.38. The summed E-state index contributed by atoms with van der Waals surface area (Å²) >= 11 is 0. The molecule has 1 fully saturated rings. The van der Waals surface area contributed by atoms with Crippen molar-refractivity contribution in [3.8, 4) is 0 Å². The summed E-state index contributed by atoms with van der Waals surface area (Å²) < 4.78 is 6.12. The van der Waals surface area contributed by atoms with Crippen molar-refractivity contribution < 1.29 is 9.53 Å². The molecular weight excluding hydrogens is 310 g/mol. The molecule has 0 spiro atoms. The molecule has 0 saturated carbocycles. The van der Waals surface area contributed by atoms with E-state index >= 15 is 0 Å². The zero-order valence-electron chi connectivity index (χ0n) is 14.1. The fourth-order valence-electron chi connectivity index (χ4n) is 3.57. The molecule has 0 aliphatic carbocycles. The van der Waals surface area contributed by atoms with Crippen LogP contribution in [0.1, 0.15) is 28.8 Å². The lowest BCUT2D eigenvalue weighted by molar-refractivity contribution is -0.0378. The van der Waals surface area contributed by atoms with E-state index in [1.54, 1.807) is 0 Å². The molecule has 126 valence electrons. The van der Waals surface area contributed by atoms with Crippen LogP contribution in [0.4, 0.5) is 0 Å². The van der Waals surface area contributed by atoms with Crippen molar-refractivity contribution in [2.45, 2.75) is 18.4 Å². The van der Waals surface area contributed by atoms with Crippen LogP contribution in [-0.4, -0.2) is 19.1 Å². The number of hydrogen-bond acceptors (Lipinski definition) is 3. The van der Waals surface area contributed by atoms with Gasteiger partial charge in [0.05, 0.1) is 5.56 Å². The Morgan fingerprint density at radius 3 is 2.28 bits per heavy atom. The van der Waals surface area contributed by atoms with E-state index in [4.69, 9.17) is 4.74 Å². The molecule has 0 unspecified atom stereocenters. The Kier molecular flexibility index (Phi) is 4.24. The van der Waals surface area contributed by atoms with Gasteiger partial charge in [-0.25, -0.2) is 4.79 Å². The Morgan fingerprint density at radius 1 is 0.840 bits per heavy atom. The summed E-state index contributed by atoms with van der Waals surface area (Å²) in [5, 5.41) is 5.53. The van der Waals surface area contributed by atoms with Crippen molar-refractivity contribution in [1.29, 1.82) is 0 Å². The Balaban J connectivity index is 1.66. The molecule has 3 nitrogen and oxygen atoms in total. The van der Waals surface area contributed by atoms with Gasteiger partial charge in [0.15, 0.2) is 0 Å². The van der Waals surface area contributed by atoms with Gasteiger partial charge in [-0.3, -0.25) is 0 Å². The van der Waals surface area contributed by atoms with Gasteiger partial charge in [-0.2, -0.15) is 0 Å². The maximum atomic E-state index is 12.9. The predicted molar refractivity (Wildman–Crippen MR) is 99.6 cm³/mol. The predicted octanol–water partition coefficient (Wildman–Crippen LogP) is 4.28. The number of fused-ring (bicyclic) bond motifs is 1. The second-order valence-corrected chi connectivity index (χ2v) is 6.56. The summed E-state index contributed by atoms with van der Waals surface area (Å²) in [5.74, 6) is -0.253. The zero-order valence-corrected chi connectivity index (χ0v) is 14.1. The average Bonchev–Trinajstić information content (AvgIpc) is 2.69. The highest BCUT2D eigenvalue weighted by molar-refractivity contribution is 5.95. The van der Waals surface area contributed by atoms with Crippen molar-refractivity contribution in [3.05, 3.63) is 83.9 Å². The van der Waals surface area contributed by atoms with Gasteiger partial charge in [-0.15, -0.1) is 0 Å². The molecule has 3 aromatic carbocycles. The molecule has 1 aliphatic heterocycles. The van der Waals surface area contributed by atoms with Gasteiger partial charge < -0.3 is 10.1 Å². The number of carbonyl (C=O) groups excluding carboxylic acids is 1. The van der Waals surface area contributed by atoms with E-state index in [0.29, 0.717) is 5.56 Å². The van der Waals surface area contributed by atoms with Crippen molar-refractivity contribution in [2.24, 2.45) is 0 Å². The molecule has 1 saturated heterocycles. The van der Waals surface area contributed by atoms with E-state index in [1.807, 2.05) is 60.7 Å². The van der Waals surface area contributed by atoms with Crippen molar-refractivity contribution in [1.82, 2.24) is 5.32 Å². The van der Waals surface area contributed by atoms with Crippen LogP contribution in [0.3, 0.4) is 0 Å². The van der Waals surface area contributed by atoms with E-state index in [9.17, 15) is 4.79 Å². The monoisotopic (exact) mass is 331 g/mol. The van der Waals surface area contributed by atoms with Crippen LogP contribution < -0.4 is 5.32 Å². The van der Waals surface area contributed by atoms with Gasteiger partial charge in [0, 0.05) is 12.8 Å². The van der Waals surface area contributed by atoms with E-state index in [-0.39, 0.29) is 5.97 Å². The van der Waals surface area contributed by atoms with E-state index in [2.05, 4.69) is 17.4 Å². The number of hydrogen-bond donors (Lipinski definition) is 1. The van der Waals surface area contributed by atoms with Crippen molar-refractivity contribution in [2.75, 3.05) is 13.1 Å². The molecule has 4 rings (SSSR count). The highest BCUT2D eigenvalue weighted by Crippen LogP contribution is 2.35. The standard InChI is InChI=1S/C22H21NO2/c24-21(19-11-10-17-6-4-5-7-18(17)16-19)25-22(12-14-23-15-13-22)20-8-2-1-3-9-20/h1-11,16,23H,12-15H2. The van der Waals surface area contributed by atoms with Crippen molar-refractivity contribution >= 4 is 16.7 Å². The van der Waals surface area contributed by atoms with Crippen LogP contribution in [0.25, 0.3) is 10.8 Å². The summed E-state index contributed by atoms with van der Waals surface area (Å²) in [5.41, 5.74) is 1.13. The minimum Gasteiger partial charge on any atom is -0.450 e. The largest absolute Gasteiger partial charge is 0.450 e. The fraction of sp³-hybridized carbons (Fsp3) is 0.227. The maximum Gasteiger partial charge on any atom is 0.339 e. The zero-order chi connectivity index (χ0) is 17.1. The number of ether oxygens (including phenoxy) is 1. The van der Waals surface area contributed by atoms with Crippen LogP contribution >= 0.6 is 0 Å². The number of nitrogens with one attached hydrogen (secondary N) is 1. The van der Waals surface area contributed by atoms with Gasteiger partial charge in [0.1, 0.15) is 5.60 Å². The number of rotatable bonds is 3. The van der Waals surface area contributed by atoms with Gasteiger partial charge in [-0.1, -0.05) is 60.7 Å². The normalized spacial score (nSPS) is 16.5. The maximum absolute atomic E-state index is 12.9. The first kappa shape index (κ1) is 15.9. The Morgan fingerprint density at radius 2 is 1.52 bits per heavy atom. The molecule has 1 N–H and O–H groups in total. The van der Waals surface area contributed by atoms with Gasteiger partial charge >= 0.3 is 5.97 Å². The summed E-state index contributed by atoms with van der Waals surface area (Å²) in [6, 6.07) is 23.9. The van der Waals surface area contributed by atoms with E-state index < -0.39 is 5.60 Å². The van der Waals surface area contributed by atoms with Crippen LogP contribution in [0.2, 0.25) is 0 Å². The van der Waals surface area contributed by atoms with Crippen LogP contribution in [0, 0.1) is 0 Å². The summed E-state index contributed by atoms with van der Waals surface area (Å²) in [7, 11) is 0. The summed E-state index contributed by atoms with van der Waals surface area (Å²) in [4.78, 5) is 12.9. The molecule has 3 aromatic rings. The summed E-state index contributed by atoms with van der Waals surface area (Å²) in [6.45, 7) is 1.69. The molecule has 25 heavy (non-hydrogen) atoms. The molecule has 1 aliphatic rings. The number of esters is 1. The third kappa shape index (κ3) is 3.15. The topological polar surface area (TPSA) is 38.3 Å². The first-order valence-electron chi connectivity index (χ1n) is 8.75. The molecule has 0 radical (unpaired) electrons. The lowest BCUT2D eigenvalue weighted by Gasteiger charge is -2.37. The second kappa shape index (κ2) is 6.69. The first-order valence-corrected chi connectivity index (χ1v) is 8.75. The lowest BCUT2D eigenvalue weighted by atomic mass is 9.84. The number of carbonyl (C=O) groups is 1. The van der Waals surface area contributed by atoms with E-state index in [1.165, 1.54) is 0 Å². The second-order valence-electron chi connectivity index (χ2n) is 6.56. The molecule has 1 heterocycles. The fourth-order valence-corrected chi connectivity index (χ4v) is 3.57. The minimum absolute atomic E-state index is 0.253. The van der Waals surface area contributed by atoms with Crippen molar-refractivity contribution in [3.63, 3.8) is 0 Å². The molecule has 0 bridgehead atoms. The van der Waals surface area contributed by atoms with E-state index in [0.717, 1.165) is 42.3 Å². The molecular formula is C22H21NO2. The number of benzene rings is 3. The smallest absolute Gasteiger partial charge is 0.339 e.